The smallest absolute Gasteiger partial charge is 0.311 e. The maximum absolute atomic E-state index is 14.3. The van der Waals surface area contributed by atoms with E-state index in [0.717, 1.165) is 4.90 Å². The number of methoxy groups -OCH3 is 1. The van der Waals surface area contributed by atoms with E-state index in [2.05, 4.69) is 0 Å². The Labute approximate surface area is 316 Å². The number of aliphatic hydroxyl groups is 5. The standard InChI is InChI=1S/C38H72N2O12/c1-15-27-38(10,46)31(42)24(6)40(13)19-20(2)17-36(8,45)33(52-35-29(41)26(39(11)12)16-21(3)48-35)22(4)30(23(5)34(44)50-27)51-28-18-37(9,47-14)32(43)25(7)49-28/h20-33,35,41-43,45-46H,15-19H2,1-14H3/t20-,21-,22+,23-,24-,25+,26+,27-,28+,29-,30+,31-,32+,33?,35+,36-,37-,38-/m1/s1/i13D3. The first-order chi connectivity index (χ1) is 25.1. The fraction of sp³-hybridized carbons (Fsp3) is 0.974. The monoisotopic (exact) mass is 752 g/mol. The molecule has 5 N–H and O–H groups in total. The summed E-state index contributed by atoms with van der Waals surface area (Å²) in [6.07, 6.45) is -9.99. The minimum absolute atomic E-state index is 0.0305. The van der Waals surface area contributed by atoms with E-state index in [-0.39, 0.29) is 38.0 Å². The summed E-state index contributed by atoms with van der Waals surface area (Å²) in [7, 11) is 5.16. The molecule has 3 saturated heterocycles. The average Bonchev–Trinajstić information content (AvgIpc) is 3.08. The molecule has 3 fully saturated rings. The fourth-order valence-electron chi connectivity index (χ4n) is 8.51. The molecule has 0 aliphatic carbocycles. The highest BCUT2D eigenvalue weighted by molar-refractivity contribution is 5.73. The summed E-state index contributed by atoms with van der Waals surface area (Å²) in [6.45, 7) is 13.6. The van der Waals surface area contributed by atoms with Crippen molar-refractivity contribution in [2.75, 3.05) is 34.7 Å². The topological polar surface area (TPSA) is 180 Å². The predicted molar refractivity (Wildman–Crippen MR) is 194 cm³/mol. The van der Waals surface area contributed by atoms with E-state index in [0.29, 0.717) is 6.42 Å². The maximum atomic E-state index is 14.3. The van der Waals surface area contributed by atoms with Crippen molar-refractivity contribution in [2.24, 2.45) is 17.8 Å². The first kappa shape index (κ1) is 40.6. The van der Waals surface area contributed by atoms with E-state index < -0.39 is 109 Å². The molecule has 0 aromatic carbocycles. The van der Waals surface area contributed by atoms with Gasteiger partial charge in [0, 0.05) is 42.2 Å². The van der Waals surface area contributed by atoms with Crippen LogP contribution in [0.15, 0.2) is 0 Å². The number of carbonyl (C=O) groups is 1. The Kier molecular flexibility index (Phi) is 14.0. The number of esters is 1. The number of ether oxygens (including phenoxy) is 6. The van der Waals surface area contributed by atoms with Crippen LogP contribution in [0.3, 0.4) is 0 Å². The Bertz CT molecular complexity index is 1250. The summed E-state index contributed by atoms with van der Waals surface area (Å²) < 4.78 is 62.4. The Morgan fingerprint density at radius 2 is 1.62 bits per heavy atom. The van der Waals surface area contributed by atoms with Gasteiger partial charge >= 0.3 is 5.97 Å². The van der Waals surface area contributed by atoms with E-state index in [4.69, 9.17) is 32.5 Å². The third-order valence-electron chi connectivity index (χ3n) is 11.9. The van der Waals surface area contributed by atoms with Crippen LogP contribution in [0.5, 0.6) is 0 Å². The first-order valence-corrected chi connectivity index (χ1v) is 18.9. The lowest BCUT2D eigenvalue weighted by molar-refractivity contribution is -0.318. The molecule has 0 amide bonds. The second kappa shape index (κ2) is 17.8. The van der Waals surface area contributed by atoms with Gasteiger partial charge in [-0.15, -0.1) is 0 Å². The molecule has 3 aliphatic heterocycles. The van der Waals surface area contributed by atoms with Gasteiger partial charge in [0.05, 0.1) is 41.5 Å². The number of nitrogens with zero attached hydrogens (tertiary/aromatic N) is 2. The second-order valence-corrected chi connectivity index (χ2v) is 16.9. The molecule has 3 heterocycles. The fourth-order valence-corrected chi connectivity index (χ4v) is 8.51. The summed E-state index contributed by atoms with van der Waals surface area (Å²) in [4.78, 5) is 17.3. The van der Waals surface area contributed by atoms with E-state index in [1.54, 1.807) is 48.5 Å². The van der Waals surface area contributed by atoms with Gasteiger partial charge < -0.3 is 63.8 Å². The lowest BCUT2D eigenvalue weighted by Crippen LogP contribution is -2.60. The van der Waals surface area contributed by atoms with Gasteiger partial charge in [-0.3, -0.25) is 4.79 Å². The minimum Gasteiger partial charge on any atom is -0.459 e. The second-order valence-electron chi connectivity index (χ2n) is 16.9. The SMILES string of the molecule is [2H]C([2H])([2H])N1C[C@H](C)C[C@@](C)(O)C(O[C@@H]2O[C@H](C)C[C@H](N(C)C)[C@H]2O)[C@@H](C)[C@H](O[C@H]2C[C@@](C)(OC)[C@@H](O)[C@H](C)O2)[C@@H](C)C(=O)O[C@H](CC)[C@@](C)(O)[C@H](O)[C@H]1C. The minimum atomic E-state index is -2.71. The summed E-state index contributed by atoms with van der Waals surface area (Å²) in [5, 5.41) is 58.4. The molecule has 3 rings (SSSR count). The predicted octanol–water partition coefficient (Wildman–Crippen LogP) is 1.90. The number of hydrogen-bond donors (Lipinski definition) is 5. The molecule has 14 heteroatoms. The molecular formula is C38H72N2O12. The number of hydrogen-bond acceptors (Lipinski definition) is 14. The van der Waals surface area contributed by atoms with Crippen LogP contribution < -0.4 is 0 Å². The van der Waals surface area contributed by atoms with Crippen molar-refractivity contribution >= 4 is 5.97 Å². The van der Waals surface area contributed by atoms with Crippen molar-refractivity contribution < 1.29 is 62.9 Å². The van der Waals surface area contributed by atoms with Crippen LogP contribution in [-0.2, 0) is 33.2 Å². The van der Waals surface area contributed by atoms with Gasteiger partial charge in [-0.1, -0.05) is 20.8 Å². The quantitative estimate of drug-likeness (QED) is 0.238. The molecule has 306 valence electrons. The molecule has 52 heavy (non-hydrogen) atoms. The first-order valence-electron chi connectivity index (χ1n) is 20.4. The Morgan fingerprint density at radius 3 is 2.17 bits per heavy atom. The van der Waals surface area contributed by atoms with Gasteiger partial charge in [0.25, 0.3) is 0 Å². The van der Waals surface area contributed by atoms with Crippen molar-refractivity contribution in [1.29, 1.82) is 0 Å². The van der Waals surface area contributed by atoms with Crippen molar-refractivity contribution in [1.82, 2.24) is 9.80 Å². The molecule has 0 spiro atoms. The molecule has 0 saturated carbocycles. The van der Waals surface area contributed by atoms with E-state index >= 15 is 0 Å². The van der Waals surface area contributed by atoms with Crippen LogP contribution in [0.25, 0.3) is 0 Å². The third kappa shape index (κ3) is 10.0. The zero-order chi connectivity index (χ0) is 42.2. The molecule has 18 atom stereocenters. The van der Waals surface area contributed by atoms with Crippen molar-refractivity contribution in [3.63, 3.8) is 0 Å². The highest BCUT2D eigenvalue weighted by atomic mass is 16.7. The van der Waals surface area contributed by atoms with Crippen LogP contribution in [0, 0.1) is 17.8 Å². The van der Waals surface area contributed by atoms with E-state index in [1.807, 2.05) is 25.9 Å². The largest absolute Gasteiger partial charge is 0.459 e. The molecule has 0 bridgehead atoms. The van der Waals surface area contributed by atoms with Crippen molar-refractivity contribution in [3.8, 4) is 0 Å². The van der Waals surface area contributed by atoms with Crippen LogP contribution in [0.1, 0.15) is 99.0 Å². The summed E-state index contributed by atoms with van der Waals surface area (Å²) >= 11 is 0. The van der Waals surface area contributed by atoms with Gasteiger partial charge in [0.15, 0.2) is 12.6 Å². The highest BCUT2D eigenvalue weighted by Gasteiger charge is 2.52. The number of likely N-dealkylation sites (N-methyl/N-ethyl adjacent to an activating group) is 2. The van der Waals surface area contributed by atoms with Gasteiger partial charge in [-0.05, 0) is 94.7 Å². The Morgan fingerprint density at radius 1 is 0.981 bits per heavy atom. The van der Waals surface area contributed by atoms with Crippen molar-refractivity contribution in [2.45, 2.75) is 185 Å². The van der Waals surface area contributed by atoms with Gasteiger partial charge in [0.2, 0.25) is 0 Å². The van der Waals surface area contributed by atoms with Gasteiger partial charge in [-0.25, -0.2) is 0 Å². The van der Waals surface area contributed by atoms with Gasteiger partial charge in [-0.2, -0.15) is 0 Å². The molecular weight excluding hydrogens is 676 g/mol. The number of carbonyl (C=O) groups excluding carboxylic acids is 1. The summed E-state index contributed by atoms with van der Waals surface area (Å²) in [6, 6.07) is -1.48. The molecule has 0 aromatic heterocycles. The zero-order valence-electron chi connectivity index (χ0n) is 36.7. The Balaban J connectivity index is 2.23. The third-order valence-corrected chi connectivity index (χ3v) is 11.9. The zero-order valence-corrected chi connectivity index (χ0v) is 33.7. The maximum Gasteiger partial charge on any atom is 0.311 e. The summed E-state index contributed by atoms with van der Waals surface area (Å²) in [5.74, 6) is -3.31. The number of aliphatic hydroxyl groups excluding tert-OH is 3. The normalized spacial score (nSPS) is 50.7. The van der Waals surface area contributed by atoms with Crippen LogP contribution in [0.4, 0.5) is 0 Å². The van der Waals surface area contributed by atoms with Crippen LogP contribution in [-0.4, -0.2) is 166 Å². The van der Waals surface area contributed by atoms with Gasteiger partial charge in [0.1, 0.15) is 30.0 Å². The molecule has 1 unspecified atom stereocenters. The molecule has 0 aromatic rings. The molecule has 0 radical (unpaired) electrons. The van der Waals surface area contributed by atoms with Crippen LogP contribution in [0.2, 0.25) is 0 Å². The summed E-state index contributed by atoms with van der Waals surface area (Å²) in [5.41, 5.74) is -4.92. The molecule has 3 aliphatic rings. The lowest BCUT2D eigenvalue weighted by Gasteiger charge is -2.48. The Hall–Kier alpha value is -1.01. The average molecular weight is 752 g/mol. The lowest BCUT2D eigenvalue weighted by atomic mass is 9.77. The van der Waals surface area contributed by atoms with E-state index in [1.165, 1.54) is 21.0 Å². The van der Waals surface area contributed by atoms with Crippen LogP contribution >= 0.6 is 0 Å². The van der Waals surface area contributed by atoms with E-state index in [9.17, 15) is 30.3 Å². The number of rotatable bonds is 7. The number of cyclic esters (lactones) is 1. The highest BCUT2D eigenvalue weighted by Crippen LogP contribution is 2.40. The van der Waals surface area contributed by atoms with Crippen molar-refractivity contribution in [3.05, 3.63) is 0 Å². The molecule has 14 nitrogen and oxygen atoms in total.